The molecule has 0 bridgehead atoms. The molecule has 0 saturated carbocycles. The van der Waals surface area contributed by atoms with Gasteiger partial charge < -0.3 is 0 Å². The third-order valence-corrected chi connectivity index (χ3v) is 3.40. The zero-order valence-electron chi connectivity index (χ0n) is 7.29. The van der Waals surface area contributed by atoms with E-state index in [-0.39, 0.29) is 17.1 Å². The Hall–Kier alpha value is -0.510. The van der Waals surface area contributed by atoms with Crippen LogP contribution in [-0.2, 0) is 9.59 Å². The van der Waals surface area contributed by atoms with E-state index in [1.165, 1.54) is 0 Å². The highest BCUT2D eigenvalue weighted by Gasteiger charge is 2.31. The molecule has 4 heteroatoms. The maximum atomic E-state index is 11.1. The molecule has 1 heterocycles. The van der Waals surface area contributed by atoms with Gasteiger partial charge in [0.05, 0.1) is 5.25 Å². The van der Waals surface area contributed by atoms with E-state index in [4.69, 9.17) is 0 Å². The SMILES string of the molecule is CCC(C)S[C@H]1CC(=O)NC1=O. The summed E-state index contributed by atoms with van der Waals surface area (Å²) in [7, 11) is 0. The van der Waals surface area contributed by atoms with Gasteiger partial charge in [-0.05, 0) is 6.42 Å². The topological polar surface area (TPSA) is 46.2 Å². The molecule has 12 heavy (non-hydrogen) atoms. The summed E-state index contributed by atoms with van der Waals surface area (Å²) in [5.74, 6) is -0.258. The maximum Gasteiger partial charge on any atom is 0.240 e. The Balaban J connectivity index is 2.43. The molecule has 0 aliphatic carbocycles. The van der Waals surface area contributed by atoms with Gasteiger partial charge in [-0.15, -0.1) is 11.8 Å². The van der Waals surface area contributed by atoms with Crippen LogP contribution in [0.15, 0.2) is 0 Å². The van der Waals surface area contributed by atoms with Crippen LogP contribution in [0.2, 0.25) is 0 Å². The van der Waals surface area contributed by atoms with E-state index in [0.717, 1.165) is 6.42 Å². The number of carbonyl (C=O) groups excluding carboxylic acids is 2. The molecular weight excluding hydrogens is 174 g/mol. The van der Waals surface area contributed by atoms with E-state index in [0.29, 0.717) is 11.7 Å². The van der Waals surface area contributed by atoms with Gasteiger partial charge in [0.2, 0.25) is 11.8 Å². The lowest BCUT2D eigenvalue weighted by atomic mass is 10.3. The smallest absolute Gasteiger partial charge is 0.240 e. The molecule has 1 rings (SSSR count). The van der Waals surface area contributed by atoms with Crippen molar-refractivity contribution < 1.29 is 9.59 Å². The van der Waals surface area contributed by atoms with Crippen LogP contribution in [0, 0.1) is 0 Å². The van der Waals surface area contributed by atoms with Crippen LogP contribution in [0.4, 0.5) is 0 Å². The molecule has 1 unspecified atom stereocenters. The molecule has 0 radical (unpaired) electrons. The molecule has 2 atom stereocenters. The third kappa shape index (κ3) is 2.24. The minimum Gasteiger partial charge on any atom is -0.295 e. The van der Waals surface area contributed by atoms with Gasteiger partial charge in [-0.3, -0.25) is 14.9 Å². The van der Waals surface area contributed by atoms with Gasteiger partial charge in [-0.25, -0.2) is 0 Å². The minimum atomic E-state index is -0.146. The lowest BCUT2D eigenvalue weighted by Crippen LogP contribution is -2.23. The molecule has 1 aliphatic rings. The predicted molar refractivity (Wildman–Crippen MR) is 48.9 cm³/mol. The molecule has 1 saturated heterocycles. The number of hydrogen-bond acceptors (Lipinski definition) is 3. The van der Waals surface area contributed by atoms with Crippen molar-refractivity contribution in [3.63, 3.8) is 0 Å². The van der Waals surface area contributed by atoms with Gasteiger partial charge in [0.25, 0.3) is 0 Å². The molecule has 0 spiro atoms. The number of amides is 2. The predicted octanol–water partition coefficient (Wildman–Crippen LogP) is 0.933. The summed E-state index contributed by atoms with van der Waals surface area (Å²) in [6.07, 6.45) is 1.39. The Morgan fingerprint density at radius 3 is 2.75 bits per heavy atom. The fraction of sp³-hybridized carbons (Fsp3) is 0.750. The van der Waals surface area contributed by atoms with Gasteiger partial charge in [0.1, 0.15) is 0 Å². The zero-order chi connectivity index (χ0) is 9.14. The summed E-state index contributed by atoms with van der Waals surface area (Å²) in [6, 6.07) is 0. The summed E-state index contributed by atoms with van der Waals surface area (Å²) < 4.78 is 0. The summed E-state index contributed by atoms with van der Waals surface area (Å²) in [4.78, 5) is 21.9. The van der Waals surface area contributed by atoms with E-state index in [1.54, 1.807) is 11.8 Å². The first kappa shape index (κ1) is 9.58. The molecule has 0 aromatic carbocycles. The van der Waals surface area contributed by atoms with Crippen LogP contribution in [0.25, 0.3) is 0 Å². The van der Waals surface area contributed by atoms with Crippen molar-refractivity contribution in [2.45, 2.75) is 37.2 Å². The van der Waals surface area contributed by atoms with Crippen LogP contribution < -0.4 is 5.32 Å². The van der Waals surface area contributed by atoms with Crippen LogP contribution in [0.1, 0.15) is 26.7 Å². The number of imide groups is 1. The first-order chi connectivity index (χ1) is 5.63. The van der Waals surface area contributed by atoms with E-state index in [2.05, 4.69) is 19.2 Å². The summed E-state index contributed by atoms with van der Waals surface area (Å²) in [5, 5.41) is 2.60. The van der Waals surface area contributed by atoms with Gasteiger partial charge >= 0.3 is 0 Å². The molecule has 0 aromatic heterocycles. The molecule has 1 aliphatic heterocycles. The third-order valence-electron chi connectivity index (χ3n) is 1.90. The number of rotatable bonds is 3. The molecule has 2 amide bonds. The first-order valence-electron chi connectivity index (χ1n) is 4.12. The summed E-state index contributed by atoms with van der Waals surface area (Å²) in [6.45, 7) is 4.15. The Bertz CT molecular complexity index is 205. The van der Waals surface area contributed by atoms with Crippen LogP contribution >= 0.6 is 11.8 Å². The highest BCUT2D eigenvalue weighted by molar-refractivity contribution is 8.01. The van der Waals surface area contributed by atoms with Crippen LogP contribution in [0.3, 0.4) is 0 Å². The van der Waals surface area contributed by atoms with Crippen molar-refractivity contribution in [3.8, 4) is 0 Å². The normalized spacial score (nSPS) is 25.7. The average Bonchev–Trinajstić information content (AvgIpc) is 2.30. The highest BCUT2D eigenvalue weighted by Crippen LogP contribution is 2.25. The number of carbonyl (C=O) groups is 2. The second-order valence-corrected chi connectivity index (χ2v) is 4.61. The quantitative estimate of drug-likeness (QED) is 0.669. The highest BCUT2D eigenvalue weighted by atomic mass is 32.2. The number of nitrogens with one attached hydrogen (secondary N) is 1. The lowest BCUT2D eigenvalue weighted by molar-refractivity contribution is -0.124. The number of hydrogen-bond donors (Lipinski definition) is 1. The van der Waals surface area contributed by atoms with E-state index in [1.807, 2.05) is 0 Å². The van der Waals surface area contributed by atoms with E-state index < -0.39 is 0 Å². The van der Waals surface area contributed by atoms with Gasteiger partial charge in [-0.2, -0.15) is 0 Å². The maximum absolute atomic E-state index is 11.1. The summed E-state index contributed by atoms with van der Waals surface area (Å²) >= 11 is 1.59. The molecule has 1 N–H and O–H groups in total. The molecule has 3 nitrogen and oxygen atoms in total. The van der Waals surface area contributed by atoms with Crippen molar-refractivity contribution in [3.05, 3.63) is 0 Å². The van der Waals surface area contributed by atoms with Crippen molar-refractivity contribution in [1.82, 2.24) is 5.32 Å². The molecule has 0 aromatic rings. The number of thioether (sulfide) groups is 1. The summed E-state index contributed by atoms with van der Waals surface area (Å²) in [5.41, 5.74) is 0. The van der Waals surface area contributed by atoms with Crippen molar-refractivity contribution in [1.29, 1.82) is 0 Å². The molecular formula is C8H13NO2S. The fourth-order valence-corrected chi connectivity index (χ4v) is 2.20. The first-order valence-corrected chi connectivity index (χ1v) is 5.07. The zero-order valence-corrected chi connectivity index (χ0v) is 8.11. The average molecular weight is 187 g/mol. The second-order valence-electron chi connectivity index (χ2n) is 2.96. The molecule has 68 valence electrons. The van der Waals surface area contributed by atoms with Gasteiger partial charge in [0, 0.05) is 11.7 Å². The van der Waals surface area contributed by atoms with E-state index >= 15 is 0 Å². The second kappa shape index (κ2) is 3.94. The Morgan fingerprint density at radius 2 is 2.33 bits per heavy atom. The van der Waals surface area contributed by atoms with Crippen molar-refractivity contribution in [2.24, 2.45) is 0 Å². The molecule has 1 fully saturated rings. The van der Waals surface area contributed by atoms with Gasteiger partial charge in [-0.1, -0.05) is 13.8 Å². The monoisotopic (exact) mass is 187 g/mol. The lowest BCUT2D eigenvalue weighted by Gasteiger charge is -2.10. The fourth-order valence-electron chi connectivity index (χ4n) is 1.02. The Morgan fingerprint density at radius 1 is 1.67 bits per heavy atom. The van der Waals surface area contributed by atoms with Crippen LogP contribution in [0.5, 0.6) is 0 Å². The standard InChI is InChI=1S/C8H13NO2S/c1-3-5(2)12-6-4-7(10)9-8(6)11/h5-6H,3-4H2,1-2H3,(H,9,10,11)/t5?,6-/m0/s1. The minimum absolute atomic E-state index is 0.120. The Labute approximate surface area is 76.3 Å². The van der Waals surface area contributed by atoms with Crippen LogP contribution in [-0.4, -0.2) is 22.3 Å². The van der Waals surface area contributed by atoms with Crippen molar-refractivity contribution >= 4 is 23.6 Å². The van der Waals surface area contributed by atoms with E-state index in [9.17, 15) is 9.59 Å². The van der Waals surface area contributed by atoms with Gasteiger partial charge in [0.15, 0.2) is 0 Å². The largest absolute Gasteiger partial charge is 0.295 e. The Kier molecular flexibility index (Phi) is 3.14. The van der Waals surface area contributed by atoms with Crippen molar-refractivity contribution in [2.75, 3.05) is 0 Å².